The number of ether oxygens (including phenoxy) is 1. The Bertz CT molecular complexity index is 509. The van der Waals surface area contributed by atoms with E-state index < -0.39 is 23.6 Å². The molecule has 1 N–H and O–H groups in total. The lowest BCUT2D eigenvalue weighted by molar-refractivity contribution is -0.140. The number of benzene rings is 1. The fraction of sp³-hybridized carbons (Fsp3) is 0.385. The van der Waals surface area contributed by atoms with Gasteiger partial charge in [-0.3, -0.25) is 9.59 Å². The number of carboxylic acids is 1. The van der Waals surface area contributed by atoms with Gasteiger partial charge in [0.1, 0.15) is 12.4 Å². The second kappa shape index (κ2) is 7.21. The molecule has 1 atom stereocenters. The molecule has 0 heterocycles. The van der Waals surface area contributed by atoms with Crippen molar-refractivity contribution in [3.05, 3.63) is 29.0 Å². The van der Waals surface area contributed by atoms with Crippen molar-refractivity contribution in [2.45, 2.75) is 6.92 Å². The van der Waals surface area contributed by atoms with Crippen LogP contribution in [0.5, 0.6) is 0 Å². The molecule has 0 aliphatic rings. The van der Waals surface area contributed by atoms with Crippen LogP contribution in [-0.2, 0) is 14.3 Å². The minimum Gasteiger partial charge on any atom is -0.481 e. The molecule has 0 aliphatic heterocycles. The van der Waals surface area contributed by atoms with Gasteiger partial charge in [-0.1, -0.05) is 18.5 Å². The topological polar surface area (TPSA) is 66.8 Å². The summed E-state index contributed by atoms with van der Waals surface area (Å²) in [5.41, 5.74) is 0.326. The Hall–Kier alpha value is -1.66. The summed E-state index contributed by atoms with van der Waals surface area (Å²) in [6.07, 6.45) is 0. The number of carbonyl (C=O) groups excluding carboxylic acids is 1. The lowest BCUT2D eigenvalue weighted by Gasteiger charge is -2.24. The molecule has 0 fully saturated rings. The highest BCUT2D eigenvalue weighted by molar-refractivity contribution is 6.31. The van der Waals surface area contributed by atoms with Gasteiger partial charge in [0.25, 0.3) is 5.91 Å². The van der Waals surface area contributed by atoms with E-state index in [1.165, 1.54) is 31.1 Å². The van der Waals surface area contributed by atoms with Crippen molar-refractivity contribution in [2.24, 2.45) is 5.92 Å². The molecule has 5 nitrogen and oxygen atoms in total. The summed E-state index contributed by atoms with van der Waals surface area (Å²) >= 11 is 5.68. The Balaban J connectivity index is 3.05. The van der Waals surface area contributed by atoms with Crippen LogP contribution >= 0.6 is 11.6 Å². The number of amides is 1. The number of hydrogen-bond acceptors (Lipinski definition) is 3. The number of halogens is 2. The first-order valence-electron chi connectivity index (χ1n) is 5.84. The van der Waals surface area contributed by atoms with E-state index in [0.29, 0.717) is 5.69 Å². The molecule has 110 valence electrons. The third kappa shape index (κ3) is 4.18. The highest BCUT2D eigenvalue weighted by atomic mass is 35.5. The molecule has 1 rings (SSSR count). The van der Waals surface area contributed by atoms with E-state index in [-0.39, 0.29) is 18.2 Å². The average molecular weight is 304 g/mol. The molecule has 1 aromatic carbocycles. The molecule has 0 spiro atoms. The van der Waals surface area contributed by atoms with Crippen LogP contribution in [-0.4, -0.2) is 37.2 Å². The van der Waals surface area contributed by atoms with Crippen LogP contribution < -0.4 is 4.90 Å². The van der Waals surface area contributed by atoms with Crippen molar-refractivity contribution in [1.29, 1.82) is 0 Å². The third-order valence-electron chi connectivity index (χ3n) is 2.66. The van der Waals surface area contributed by atoms with Crippen LogP contribution in [0.25, 0.3) is 0 Å². The molecular weight excluding hydrogens is 289 g/mol. The van der Waals surface area contributed by atoms with Gasteiger partial charge in [-0.2, -0.15) is 0 Å². The first kappa shape index (κ1) is 16.4. The van der Waals surface area contributed by atoms with Gasteiger partial charge < -0.3 is 14.7 Å². The van der Waals surface area contributed by atoms with Crippen molar-refractivity contribution >= 4 is 29.2 Å². The van der Waals surface area contributed by atoms with E-state index in [1.807, 2.05) is 0 Å². The predicted molar refractivity (Wildman–Crippen MR) is 72.4 cm³/mol. The molecule has 0 aromatic heterocycles. The van der Waals surface area contributed by atoms with Gasteiger partial charge in [0, 0.05) is 19.3 Å². The average Bonchev–Trinajstić information content (AvgIpc) is 2.39. The minimum absolute atomic E-state index is 0.0561. The summed E-state index contributed by atoms with van der Waals surface area (Å²) in [7, 11) is 1.36. The third-order valence-corrected chi connectivity index (χ3v) is 2.95. The van der Waals surface area contributed by atoms with Crippen molar-refractivity contribution in [3.63, 3.8) is 0 Å². The maximum atomic E-state index is 13.1. The normalized spacial score (nSPS) is 12.0. The van der Waals surface area contributed by atoms with E-state index in [4.69, 9.17) is 21.4 Å². The highest BCUT2D eigenvalue weighted by Gasteiger charge is 2.22. The van der Waals surface area contributed by atoms with Crippen LogP contribution in [0.2, 0.25) is 5.02 Å². The van der Waals surface area contributed by atoms with Gasteiger partial charge in [-0.15, -0.1) is 0 Å². The van der Waals surface area contributed by atoms with Crippen LogP contribution in [0.4, 0.5) is 10.1 Å². The SMILES string of the molecule is COCC(=O)N(CC(C)C(=O)O)c1ccc(F)c(Cl)c1. The van der Waals surface area contributed by atoms with Crippen molar-refractivity contribution in [2.75, 3.05) is 25.2 Å². The van der Waals surface area contributed by atoms with Crippen LogP contribution in [0.1, 0.15) is 6.92 Å². The Labute approximate surface area is 120 Å². The zero-order valence-corrected chi connectivity index (χ0v) is 11.9. The Morgan fingerprint density at radius 3 is 2.65 bits per heavy atom. The Morgan fingerprint density at radius 1 is 1.50 bits per heavy atom. The smallest absolute Gasteiger partial charge is 0.308 e. The van der Waals surface area contributed by atoms with Gasteiger partial charge in [0.2, 0.25) is 0 Å². The van der Waals surface area contributed by atoms with Gasteiger partial charge in [-0.05, 0) is 18.2 Å². The van der Waals surface area contributed by atoms with Gasteiger partial charge in [0.05, 0.1) is 10.9 Å². The first-order valence-corrected chi connectivity index (χ1v) is 6.21. The van der Waals surface area contributed by atoms with Crippen LogP contribution in [0, 0.1) is 11.7 Å². The quantitative estimate of drug-likeness (QED) is 0.874. The largest absolute Gasteiger partial charge is 0.481 e. The lowest BCUT2D eigenvalue weighted by Crippen LogP contribution is -2.39. The fourth-order valence-corrected chi connectivity index (χ4v) is 1.73. The number of aliphatic carboxylic acids is 1. The zero-order chi connectivity index (χ0) is 15.3. The van der Waals surface area contributed by atoms with E-state index in [9.17, 15) is 14.0 Å². The van der Waals surface area contributed by atoms with E-state index in [0.717, 1.165) is 6.07 Å². The monoisotopic (exact) mass is 303 g/mol. The maximum Gasteiger partial charge on any atom is 0.308 e. The molecule has 1 amide bonds. The first-order chi connectivity index (χ1) is 9.36. The summed E-state index contributed by atoms with van der Waals surface area (Å²) in [6, 6.07) is 3.76. The number of hydrogen-bond donors (Lipinski definition) is 1. The molecule has 0 saturated heterocycles. The Kier molecular flexibility index (Phi) is 5.91. The number of anilines is 1. The summed E-state index contributed by atoms with van der Waals surface area (Å²) in [5, 5.41) is 8.79. The molecule has 0 saturated carbocycles. The second-order valence-corrected chi connectivity index (χ2v) is 4.68. The van der Waals surface area contributed by atoms with Gasteiger partial charge >= 0.3 is 5.97 Å². The van der Waals surface area contributed by atoms with E-state index in [1.54, 1.807) is 0 Å². The van der Waals surface area contributed by atoms with Gasteiger partial charge in [-0.25, -0.2) is 4.39 Å². The minimum atomic E-state index is -1.03. The lowest BCUT2D eigenvalue weighted by atomic mass is 10.1. The maximum absolute atomic E-state index is 13.1. The Morgan fingerprint density at radius 2 is 2.15 bits per heavy atom. The fourth-order valence-electron chi connectivity index (χ4n) is 1.56. The molecular formula is C13H15ClFNO4. The van der Waals surface area contributed by atoms with Crippen LogP contribution in [0.3, 0.4) is 0 Å². The molecule has 0 aliphatic carbocycles. The summed E-state index contributed by atoms with van der Waals surface area (Å²) in [6.45, 7) is 1.21. The molecule has 1 unspecified atom stereocenters. The summed E-state index contributed by atoms with van der Waals surface area (Å²) in [4.78, 5) is 24.1. The molecule has 0 radical (unpaired) electrons. The van der Waals surface area contributed by atoms with Crippen molar-refractivity contribution < 1.29 is 23.8 Å². The van der Waals surface area contributed by atoms with Gasteiger partial charge in [0.15, 0.2) is 0 Å². The number of carbonyl (C=O) groups is 2. The summed E-state index contributed by atoms with van der Waals surface area (Å²) in [5.74, 6) is -2.85. The molecule has 1 aromatic rings. The van der Waals surface area contributed by atoms with E-state index >= 15 is 0 Å². The van der Waals surface area contributed by atoms with E-state index in [2.05, 4.69) is 0 Å². The van der Waals surface area contributed by atoms with Crippen molar-refractivity contribution in [3.8, 4) is 0 Å². The summed E-state index contributed by atoms with van der Waals surface area (Å²) < 4.78 is 17.9. The second-order valence-electron chi connectivity index (χ2n) is 4.28. The predicted octanol–water partition coefficient (Wildman–Crippen LogP) is 2.18. The highest BCUT2D eigenvalue weighted by Crippen LogP contribution is 2.23. The number of carboxylic acid groups (broad SMARTS) is 1. The number of methoxy groups -OCH3 is 1. The molecule has 20 heavy (non-hydrogen) atoms. The zero-order valence-electron chi connectivity index (χ0n) is 11.1. The van der Waals surface area contributed by atoms with Crippen LogP contribution in [0.15, 0.2) is 18.2 Å². The number of nitrogens with zero attached hydrogens (tertiary/aromatic N) is 1. The standard InChI is InChI=1S/C13H15ClFNO4/c1-8(13(18)19)6-16(12(17)7-20-2)9-3-4-11(15)10(14)5-9/h3-5,8H,6-7H2,1-2H3,(H,18,19). The molecule has 7 heteroatoms. The molecule has 0 bridgehead atoms. The van der Waals surface area contributed by atoms with Crippen molar-refractivity contribution in [1.82, 2.24) is 0 Å². The number of rotatable bonds is 6.